The minimum atomic E-state index is 0.610. The van der Waals surface area contributed by atoms with E-state index in [1.54, 1.807) is 17.2 Å². The predicted molar refractivity (Wildman–Crippen MR) is 79.0 cm³/mol. The fraction of sp³-hybridized carbons (Fsp3) is 0.286. The molecule has 3 rings (SSSR count). The third-order valence-corrected chi connectivity index (χ3v) is 3.06. The van der Waals surface area contributed by atoms with Crippen LogP contribution in [0.4, 0.5) is 5.82 Å². The van der Waals surface area contributed by atoms with Gasteiger partial charge in [-0.2, -0.15) is 0 Å². The highest BCUT2D eigenvalue weighted by Crippen LogP contribution is 2.09. The Hall–Kier alpha value is -2.70. The normalized spacial score (nSPS) is 10.8. The van der Waals surface area contributed by atoms with Crippen LogP contribution in [-0.4, -0.2) is 43.6 Å². The second kappa shape index (κ2) is 5.74. The molecule has 3 aromatic heterocycles. The topological polar surface area (TPSA) is 64.7 Å². The van der Waals surface area contributed by atoms with E-state index in [1.807, 2.05) is 54.2 Å². The van der Waals surface area contributed by atoms with Crippen LogP contribution in [0.25, 0.3) is 0 Å². The molecule has 108 valence electrons. The molecule has 0 aliphatic rings. The third kappa shape index (κ3) is 3.25. The quantitative estimate of drug-likeness (QED) is 0.700. The fourth-order valence-electron chi connectivity index (χ4n) is 2.03. The first kappa shape index (κ1) is 13.3. The van der Waals surface area contributed by atoms with Gasteiger partial charge in [0.15, 0.2) is 0 Å². The highest BCUT2D eigenvalue weighted by atomic mass is 15.4. The van der Waals surface area contributed by atoms with Crippen LogP contribution in [0.15, 0.2) is 43.1 Å². The molecular weight excluding hydrogens is 266 g/mol. The average Bonchev–Trinajstić information content (AvgIpc) is 3.12. The van der Waals surface area contributed by atoms with Crippen LogP contribution in [0.5, 0.6) is 0 Å². The molecule has 0 atom stereocenters. The van der Waals surface area contributed by atoms with Gasteiger partial charge >= 0.3 is 0 Å². The molecular formula is C14H17N7. The summed E-state index contributed by atoms with van der Waals surface area (Å²) < 4.78 is 3.76. The highest BCUT2D eigenvalue weighted by molar-refractivity contribution is 5.37. The van der Waals surface area contributed by atoms with Gasteiger partial charge in [0.2, 0.25) is 0 Å². The molecule has 0 unspecified atom stereocenters. The highest BCUT2D eigenvalue weighted by Gasteiger charge is 2.04. The zero-order chi connectivity index (χ0) is 14.7. The number of pyridine rings is 1. The molecule has 0 saturated heterocycles. The Labute approximate surface area is 122 Å². The van der Waals surface area contributed by atoms with Crippen molar-refractivity contribution < 1.29 is 0 Å². The molecule has 0 fully saturated rings. The number of aromatic nitrogens is 6. The zero-order valence-corrected chi connectivity index (χ0v) is 12.1. The summed E-state index contributed by atoms with van der Waals surface area (Å²) in [4.78, 5) is 10.6. The molecule has 0 amide bonds. The first-order valence-electron chi connectivity index (χ1n) is 6.69. The molecule has 3 aromatic rings. The van der Waals surface area contributed by atoms with Gasteiger partial charge in [0.1, 0.15) is 11.5 Å². The lowest BCUT2D eigenvalue weighted by Gasteiger charge is -2.11. The smallest absolute Gasteiger partial charge is 0.128 e. The molecule has 0 radical (unpaired) electrons. The molecule has 0 bridgehead atoms. The van der Waals surface area contributed by atoms with Crippen molar-refractivity contribution in [3.05, 3.63) is 54.5 Å². The Morgan fingerprint density at radius 2 is 2.05 bits per heavy atom. The molecule has 3 heterocycles. The third-order valence-electron chi connectivity index (χ3n) is 3.06. The Kier molecular flexibility index (Phi) is 3.63. The van der Waals surface area contributed by atoms with Crippen molar-refractivity contribution >= 4 is 5.82 Å². The minimum absolute atomic E-state index is 0.610. The van der Waals surface area contributed by atoms with E-state index in [0.29, 0.717) is 13.1 Å². The van der Waals surface area contributed by atoms with Crippen molar-refractivity contribution in [2.75, 3.05) is 19.0 Å². The average molecular weight is 283 g/mol. The van der Waals surface area contributed by atoms with E-state index in [4.69, 9.17) is 0 Å². The molecule has 0 aliphatic carbocycles. The van der Waals surface area contributed by atoms with E-state index in [1.165, 1.54) is 0 Å². The molecule has 7 nitrogen and oxygen atoms in total. The molecule has 7 heteroatoms. The van der Waals surface area contributed by atoms with Gasteiger partial charge in [-0.1, -0.05) is 11.3 Å². The van der Waals surface area contributed by atoms with Crippen LogP contribution in [-0.2, 0) is 13.1 Å². The second-order valence-electron chi connectivity index (χ2n) is 5.02. The number of hydrogen-bond acceptors (Lipinski definition) is 5. The number of hydrogen-bond donors (Lipinski definition) is 0. The monoisotopic (exact) mass is 283 g/mol. The molecule has 0 N–H and O–H groups in total. The summed E-state index contributed by atoms with van der Waals surface area (Å²) in [6.07, 6.45) is 7.35. The van der Waals surface area contributed by atoms with Crippen molar-refractivity contribution in [1.29, 1.82) is 0 Å². The van der Waals surface area contributed by atoms with Gasteiger partial charge in [-0.3, -0.25) is 0 Å². The van der Waals surface area contributed by atoms with Crippen molar-refractivity contribution in [3.63, 3.8) is 0 Å². The van der Waals surface area contributed by atoms with E-state index in [9.17, 15) is 0 Å². The molecule has 0 aliphatic heterocycles. The second-order valence-corrected chi connectivity index (χ2v) is 5.02. The molecule has 0 spiro atoms. The summed E-state index contributed by atoms with van der Waals surface area (Å²) in [5, 5.41) is 8.32. The zero-order valence-electron chi connectivity index (χ0n) is 12.1. The van der Waals surface area contributed by atoms with Crippen LogP contribution in [0.3, 0.4) is 0 Å². The van der Waals surface area contributed by atoms with Crippen LogP contribution >= 0.6 is 0 Å². The van der Waals surface area contributed by atoms with Gasteiger partial charge in [0.25, 0.3) is 0 Å². The number of anilines is 1. The predicted octanol–water partition coefficient (Wildman–Crippen LogP) is 1.03. The van der Waals surface area contributed by atoms with Crippen molar-refractivity contribution in [3.8, 4) is 0 Å². The van der Waals surface area contributed by atoms with Gasteiger partial charge in [0, 0.05) is 26.5 Å². The first-order valence-corrected chi connectivity index (χ1v) is 6.69. The Morgan fingerprint density at radius 3 is 2.81 bits per heavy atom. The van der Waals surface area contributed by atoms with E-state index >= 15 is 0 Å². The van der Waals surface area contributed by atoms with Crippen LogP contribution in [0.2, 0.25) is 0 Å². The molecule has 0 aromatic carbocycles. The summed E-state index contributed by atoms with van der Waals surface area (Å²) >= 11 is 0. The lowest BCUT2D eigenvalue weighted by Crippen LogP contribution is -2.12. The maximum absolute atomic E-state index is 4.57. The van der Waals surface area contributed by atoms with E-state index in [-0.39, 0.29) is 0 Å². The van der Waals surface area contributed by atoms with Crippen molar-refractivity contribution in [1.82, 2.24) is 29.5 Å². The van der Waals surface area contributed by atoms with Gasteiger partial charge < -0.3 is 9.47 Å². The van der Waals surface area contributed by atoms with Crippen molar-refractivity contribution in [2.45, 2.75) is 13.1 Å². The van der Waals surface area contributed by atoms with E-state index in [2.05, 4.69) is 20.3 Å². The van der Waals surface area contributed by atoms with Crippen LogP contribution in [0, 0.1) is 0 Å². The minimum Gasteiger partial charge on any atom is -0.363 e. The molecule has 0 saturated carbocycles. The summed E-state index contributed by atoms with van der Waals surface area (Å²) in [5.41, 5.74) is 1.86. The SMILES string of the molecule is CN(C)c1cccc(Cn2cc(Cn3ccnc3)nn2)n1. The van der Waals surface area contributed by atoms with Gasteiger partial charge in [-0.25, -0.2) is 14.6 Å². The Balaban J connectivity index is 1.71. The van der Waals surface area contributed by atoms with Gasteiger partial charge in [-0.05, 0) is 12.1 Å². The number of nitrogens with zero attached hydrogens (tertiary/aromatic N) is 7. The summed E-state index contributed by atoms with van der Waals surface area (Å²) in [7, 11) is 3.95. The van der Waals surface area contributed by atoms with Gasteiger partial charge in [-0.15, -0.1) is 5.10 Å². The van der Waals surface area contributed by atoms with E-state index in [0.717, 1.165) is 17.2 Å². The first-order chi connectivity index (χ1) is 10.2. The maximum Gasteiger partial charge on any atom is 0.128 e. The Morgan fingerprint density at radius 1 is 1.14 bits per heavy atom. The van der Waals surface area contributed by atoms with Crippen LogP contribution in [0.1, 0.15) is 11.4 Å². The van der Waals surface area contributed by atoms with E-state index < -0.39 is 0 Å². The number of imidazole rings is 1. The standard InChI is InChI=1S/C14H17N7/c1-19(2)14-5-3-4-12(16-14)9-21-10-13(17-18-21)8-20-7-6-15-11-20/h3-7,10-11H,8-9H2,1-2H3. The summed E-state index contributed by atoms with van der Waals surface area (Å²) in [6.45, 7) is 1.28. The summed E-state index contributed by atoms with van der Waals surface area (Å²) in [5.74, 6) is 0.936. The number of rotatable bonds is 5. The lowest BCUT2D eigenvalue weighted by molar-refractivity contribution is 0.637. The van der Waals surface area contributed by atoms with Gasteiger partial charge in [0.05, 0.1) is 31.3 Å². The Bertz CT molecular complexity index is 700. The lowest BCUT2D eigenvalue weighted by atomic mass is 10.3. The van der Waals surface area contributed by atoms with Crippen molar-refractivity contribution in [2.24, 2.45) is 0 Å². The fourth-order valence-corrected chi connectivity index (χ4v) is 2.03. The molecule has 21 heavy (non-hydrogen) atoms. The maximum atomic E-state index is 4.57. The summed E-state index contributed by atoms with van der Waals surface area (Å²) in [6, 6.07) is 5.97. The van der Waals surface area contributed by atoms with Crippen LogP contribution < -0.4 is 4.90 Å². The largest absolute Gasteiger partial charge is 0.363 e.